The highest BCUT2D eigenvalue weighted by Crippen LogP contribution is 2.69. The van der Waals surface area contributed by atoms with Gasteiger partial charge in [0, 0.05) is 6.42 Å². The third kappa shape index (κ3) is 4.17. The fourth-order valence-electron chi connectivity index (χ4n) is 10.1. The molecule has 0 radical (unpaired) electrons. The zero-order valence-corrected chi connectivity index (χ0v) is 22.2. The van der Waals surface area contributed by atoms with E-state index in [-0.39, 0.29) is 29.0 Å². The molecule has 5 fully saturated rings. The molecule has 11 atom stereocenters. The van der Waals surface area contributed by atoms with Gasteiger partial charge in [-0.1, -0.05) is 34.1 Å². The third-order valence-electron chi connectivity index (χ3n) is 12.1. The lowest BCUT2D eigenvalue weighted by molar-refractivity contribution is -0.203. The van der Waals surface area contributed by atoms with Crippen molar-refractivity contribution in [1.82, 2.24) is 0 Å². The van der Waals surface area contributed by atoms with Crippen molar-refractivity contribution in [1.29, 1.82) is 0 Å². The van der Waals surface area contributed by atoms with E-state index in [0.29, 0.717) is 60.4 Å². The maximum Gasteiger partial charge on any atom is 0.306 e. The van der Waals surface area contributed by atoms with E-state index in [2.05, 4.69) is 27.7 Å². The molecule has 0 amide bonds. The minimum Gasteiger partial charge on any atom is -0.466 e. The van der Waals surface area contributed by atoms with Crippen LogP contribution in [-0.2, 0) is 9.53 Å². The first kappa shape index (κ1) is 25.1. The molecule has 0 unspecified atom stereocenters. The Morgan fingerprint density at radius 1 is 0.971 bits per heavy atom. The van der Waals surface area contributed by atoms with Gasteiger partial charge in [-0.3, -0.25) is 4.79 Å². The van der Waals surface area contributed by atoms with Crippen LogP contribution < -0.4 is 0 Å². The van der Waals surface area contributed by atoms with Gasteiger partial charge in [0.2, 0.25) is 0 Å². The lowest BCUT2D eigenvalue weighted by Crippen LogP contribution is -2.62. The maximum absolute atomic E-state index is 12.0. The molecule has 0 saturated heterocycles. The number of hydrogen-bond acceptors (Lipinski definition) is 4. The van der Waals surface area contributed by atoms with E-state index in [1.807, 2.05) is 0 Å². The molecule has 0 aromatic heterocycles. The summed E-state index contributed by atoms with van der Waals surface area (Å²) in [5, 5.41) is 22.3. The number of aliphatic hydroxyl groups is 2. The molecule has 5 saturated carbocycles. The van der Waals surface area contributed by atoms with Crippen LogP contribution in [0.4, 0.5) is 0 Å². The van der Waals surface area contributed by atoms with Crippen molar-refractivity contribution < 1.29 is 19.7 Å². The first-order valence-corrected chi connectivity index (χ1v) is 14.7. The molecule has 0 aromatic carbocycles. The molecular formula is C30H50O4. The molecular weight excluding hydrogens is 424 g/mol. The molecule has 5 aliphatic carbocycles. The predicted molar refractivity (Wildman–Crippen MR) is 134 cm³/mol. The highest BCUT2D eigenvalue weighted by Gasteiger charge is 2.64. The molecule has 4 heteroatoms. The van der Waals surface area contributed by atoms with Gasteiger partial charge in [0.05, 0.1) is 18.8 Å². The maximum atomic E-state index is 12.0. The van der Waals surface area contributed by atoms with E-state index in [1.165, 1.54) is 38.5 Å². The summed E-state index contributed by atoms with van der Waals surface area (Å²) in [7, 11) is 0. The summed E-state index contributed by atoms with van der Waals surface area (Å²) in [5.74, 6) is 4.20. The summed E-state index contributed by atoms with van der Waals surface area (Å²) in [6.45, 7) is 10.3. The van der Waals surface area contributed by atoms with Crippen LogP contribution in [0.1, 0.15) is 105 Å². The number of ether oxygens (including phenoxy) is 1. The molecule has 4 nitrogen and oxygen atoms in total. The summed E-state index contributed by atoms with van der Waals surface area (Å²) in [6, 6.07) is 0. The van der Waals surface area contributed by atoms with E-state index in [0.717, 1.165) is 32.1 Å². The second-order valence-corrected chi connectivity index (χ2v) is 13.8. The fraction of sp³-hybridized carbons (Fsp3) is 0.967. The van der Waals surface area contributed by atoms with Gasteiger partial charge in [0.25, 0.3) is 0 Å². The van der Waals surface area contributed by atoms with Gasteiger partial charge in [-0.25, -0.2) is 0 Å². The van der Waals surface area contributed by atoms with Gasteiger partial charge < -0.3 is 14.9 Å². The number of esters is 1. The average molecular weight is 475 g/mol. The Kier molecular flexibility index (Phi) is 6.90. The van der Waals surface area contributed by atoms with E-state index in [4.69, 9.17) is 4.74 Å². The Hall–Kier alpha value is -0.610. The van der Waals surface area contributed by atoms with Crippen molar-refractivity contribution in [3.63, 3.8) is 0 Å². The number of aliphatic hydroxyl groups excluding tert-OH is 2. The third-order valence-corrected chi connectivity index (χ3v) is 12.1. The molecule has 2 N–H and O–H groups in total. The number of hydrogen-bond donors (Lipinski definition) is 2. The van der Waals surface area contributed by atoms with Gasteiger partial charge >= 0.3 is 5.97 Å². The van der Waals surface area contributed by atoms with E-state index in [9.17, 15) is 15.0 Å². The van der Waals surface area contributed by atoms with Crippen LogP contribution in [0, 0.1) is 58.2 Å². The quantitative estimate of drug-likeness (QED) is 0.445. The predicted octanol–water partition coefficient (Wildman–Crippen LogP) is 5.98. The molecule has 0 aliphatic heterocycles. The normalized spacial score (nSPS) is 49.0. The van der Waals surface area contributed by atoms with E-state index >= 15 is 0 Å². The first-order chi connectivity index (χ1) is 16.2. The van der Waals surface area contributed by atoms with Gasteiger partial charge in [-0.15, -0.1) is 0 Å². The van der Waals surface area contributed by atoms with E-state index < -0.39 is 0 Å². The molecule has 194 valence electrons. The van der Waals surface area contributed by atoms with Crippen LogP contribution in [0.2, 0.25) is 0 Å². The Bertz CT molecular complexity index is 748. The van der Waals surface area contributed by atoms with Crippen LogP contribution in [0.15, 0.2) is 0 Å². The SMILES string of the molecule is CC[C@H]1[C@@H](O)[C@@H]2[C@H](CC[C@]3(C)[C@@H]([C@H](C)CCOC(=O)CC4CC4)CC[C@@H]23)[C@@]2(C)CC[C@@H](O)C[C@@H]12. The van der Waals surface area contributed by atoms with Crippen LogP contribution in [0.25, 0.3) is 0 Å². The highest BCUT2D eigenvalue weighted by molar-refractivity contribution is 5.70. The van der Waals surface area contributed by atoms with Crippen molar-refractivity contribution in [3.05, 3.63) is 0 Å². The van der Waals surface area contributed by atoms with Crippen LogP contribution in [-0.4, -0.2) is 35.0 Å². The van der Waals surface area contributed by atoms with Crippen LogP contribution in [0.3, 0.4) is 0 Å². The largest absolute Gasteiger partial charge is 0.466 e. The lowest BCUT2D eigenvalue weighted by atomic mass is 9.41. The van der Waals surface area contributed by atoms with Gasteiger partial charge in [-0.05, 0) is 122 Å². The molecule has 34 heavy (non-hydrogen) atoms. The molecule has 5 rings (SSSR count). The lowest BCUT2D eigenvalue weighted by Gasteiger charge is -2.64. The fourth-order valence-corrected chi connectivity index (χ4v) is 10.1. The summed E-state index contributed by atoms with van der Waals surface area (Å²) in [6.07, 6.45) is 12.5. The van der Waals surface area contributed by atoms with Crippen molar-refractivity contribution in [2.45, 2.75) is 117 Å². The summed E-state index contributed by atoms with van der Waals surface area (Å²) in [5.41, 5.74) is 0.555. The Balaban J connectivity index is 1.29. The zero-order valence-electron chi connectivity index (χ0n) is 22.2. The average Bonchev–Trinajstić information content (AvgIpc) is 3.53. The highest BCUT2D eigenvalue weighted by atomic mass is 16.5. The molecule has 0 bridgehead atoms. The topological polar surface area (TPSA) is 66.8 Å². The Morgan fingerprint density at radius 3 is 2.38 bits per heavy atom. The Labute approximate surface area is 207 Å². The summed E-state index contributed by atoms with van der Waals surface area (Å²) < 4.78 is 5.61. The summed E-state index contributed by atoms with van der Waals surface area (Å²) in [4.78, 5) is 12.0. The summed E-state index contributed by atoms with van der Waals surface area (Å²) >= 11 is 0. The van der Waals surface area contributed by atoms with Gasteiger partial charge in [-0.2, -0.15) is 0 Å². The standard InChI is InChI=1S/C30H50O4/c1-5-21-25-17-20(31)10-13-30(25,4)24-11-14-29(3)22(8-9-23(29)27(24)28(21)33)18(2)12-15-34-26(32)16-19-6-7-19/h18-25,27-28,31,33H,5-17H2,1-4H3/t18-,20-,21-,22-,23+,24+,25+,27+,28-,29-,30-/m1/s1. The van der Waals surface area contributed by atoms with Crippen molar-refractivity contribution in [2.24, 2.45) is 58.2 Å². The monoisotopic (exact) mass is 474 g/mol. The number of carbonyl (C=O) groups is 1. The van der Waals surface area contributed by atoms with E-state index in [1.54, 1.807) is 0 Å². The van der Waals surface area contributed by atoms with Gasteiger partial charge in [0.15, 0.2) is 0 Å². The molecule has 5 aliphatic rings. The molecule has 0 aromatic rings. The van der Waals surface area contributed by atoms with Crippen LogP contribution in [0.5, 0.6) is 0 Å². The van der Waals surface area contributed by atoms with Crippen LogP contribution >= 0.6 is 0 Å². The first-order valence-electron chi connectivity index (χ1n) is 14.7. The zero-order chi connectivity index (χ0) is 24.3. The van der Waals surface area contributed by atoms with Crippen molar-refractivity contribution in [2.75, 3.05) is 6.61 Å². The number of carbonyl (C=O) groups excluding carboxylic acids is 1. The number of fused-ring (bicyclic) bond motifs is 5. The minimum atomic E-state index is -0.222. The number of rotatable bonds is 7. The van der Waals surface area contributed by atoms with Crippen molar-refractivity contribution in [3.8, 4) is 0 Å². The Morgan fingerprint density at radius 2 is 1.68 bits per heavy atom. The smallest absolute Gasteiger partial charge is 0.306 e. The second kappa shape index (κ2) is 9.36. The molecule has 0 heterocycles. The second-order valence-electron chi connectivity index (χ2n) is 13.8. The van der Waals surface area contributed by atoms with Crippen molar-refractivity contribution >= 4 is 5.97 Å². The van der Waals surface area contributed by atoms with Gasteiger partial charge in [0.1, 0.15) is 0 Å². The minimum absolute atomic E-state index is 0.00190. The molecule has 0 spiro atoms.